The predicted molar refractivity (Wildman–Crippen MR) is 67.0 cm³/mol. The fourth-order valence-corrected chi connectivity index (χ4v) is 1.60. The maximum atomic E-state index is 13.9. The van der Waals surface area contributed by atoms with E-state index in [1.54, 1.807) is 6.92 Å². The molecule has 0 aliphatic carbocycles. The third-order valence-electron chi connectivity index (χ3n) is 2.53. The normalized spacial score (nSPS) is 10.3. The van der Waals surface area contributed by atoms with Crippen LogP contribution in [0.3, 0.4) is 0 Å². The van der Waals surface area contributed by atoms with Gasteiger partial charge in [-0.05, 0) is 19.4 Å². The van der Waals surface area contributed by atoms with Crippen LogP contribution in [0.5, 0.6) is 0 Å². The monoisotopic (exact) mass is 279 g/mol. The average Bonchev–Trinajstić information content (AvgIpc) is 2.77. The maximum absolute atomic E-state index is 13.9. The SMILES string of the molecule is Cc1coc(NC(=O)c2cc([N+](=O)[O-])cc(C)c2F)n1. The Labute approximate surface area is 112 Å². The van der Waals surface area contributed by atoms with E-state index in [4.69, 9.17) is 4.42 Å². The highest BCUT2D eigenvalue weighted by Crippen LogP contribution is 2.22. The Morgan fingerprint density at radius 3 is 2.70 bits per heavy atom. The largest absolute Gasteiger partial charge is 0.432 e. The van der Waals surface area contributed by atoms with Gasteiger partial charge in [-0.3, -0.25) is 20.2 Å². The van der Waals surface area contributed by atoms with Gasteiger partial charge in [0.15, 0.2) is 0 Å². The zero-order valence-corrected chi connectivity index (χ0v) is 10.6. The number of anilines is 1. The van der Waals surface area contributed by atoms with E-state index in [0.29, 0.717) is 5.69 Å². The molecule has 0 spiro atoms. The summed E-state index contributed by atoms with van der Waals surface area (Å²) < 4.78 is 18.8. The molecule has 0 radical (unpaired) electrons. The molecule has 2 rings (SSSR count). The van der Waals surface area contributed by atoms with Gasteiger partial charge in [0.25, 0.3) is 11.6 Å². The molecular formula is C12H10FN3O4. The van der Waals surface area contributed by atoms with Gasteiger partial charge in [-0.15, -0.1) is 0 Å². The molecule has 0 unspecified atom stereocenters. The second-order valence-corrected chi connectivity index (χ2v) is 4.13. The number of aromatic nitrogens is 1. The number of benzene rings is 1. The van der Waals surface area contributed by atoms with Crippen molar-refractivity contribution in [3.63, 3.8) is 0 Å². The average molecular weight is 279 g/mol. The van der Waals surface area contributed by atoms with Crippen LogP contribution in [-0.2, 0) is 0 Å². The van der Waals surface area contributed by atoms with Crippen molar-refractivity contribution in [2.45, 2.75) is 13.8 Å². The van der Waals surface area contributed by atoms with Crippen molar-refractivity contribution in [2.24, 2.45) is 0 Å². The van der Waals surface area contributed by atoms with Crippen LogP contribution in [0.1, 0.15) is 21.6 Å². The van der Waals surface area contributed by atoms with Gasteiger partial charge in [-0.2, -0.15) is 4.98 Å². The van der Waals surface area contributed by atoms with Crippen molar-refractivity contribution >= 4 is 17.6 Å². The van der Waals surface area contributed by atoms with Crippen LogP contribution < -0.4 is 5.32 Å². The molecule has 0 saturated heterocycles. The van der Waals surface area contributed by atoms with Crippen molar-refractivity contribution in [1.29, 1.82) is 0 Å². The lowest BCUT2D eigenvalue weighted by Gasteiger charge is -2.05. The quantitative estimate of drug-likeness (QED) is 0.687. The first kappa shape index (κ1) is 13.7. The summed E-state index contributed by atoms with van der Waals surface area (Å²) in [5.41, 5.74) is -0.255. The minimum atomic E-state index is -0.865. The number of oxazole rings is 1. The first-order valence-corrected chi connectivity index (χ1v) is 5.56. The Morgan fingerprint density at radius 1 is 1.45 bits per heavy atom. The predicted octanol–water partition coefficient (Wildman–Crippen LogP) is 2.59. The summed E-state index contributed by atoms with van der Waals surface area (Å²) in [4.78, 5) is 25.8. The summed E-state index contributed by atoms with van der Waals surface area (Å²) in [6.45, 7) is 2.99. The van der Waals surface area contributed by atoms with E-state index < -0.39 is 22.2 Å². The van der Waals surface area contributed by atoms with Crippen molar-refractivity contribution in [3.8, 4) is 0 Å². The van der Waals surface area contributed by atoms with Crippen molar-refractivity contribution < 1.29 is 18.5 Å². The summed E-state index contributed by atoms with van der Waals surface area (Å²) in [6, 6.07) is 1.82. The molecule has 104 valence electrons. The van der Waals surface area contributed by atoms with Crippen LogP contribution in [0.15, 0.2) is 22.8 Å². The number of nitrogens with zero attached hydrogens (tertiary/aromatic N) is 2. The van der Waals surface area contributed by atoms with Crippen LogP contribution in [0, 0.1) is 29.8 Å². The Bertz CT molecular complexity index is 696. The fraction of sp³-hybridized carbons (Fsp3) is 0.167. The summed E-state index contributed by atoms with van der Waals surface area (Å²) in [5.74, 6) is -1.69. The molecule has 0 fully saturated rings. The molecule has 2 aromatic rings. The van der Waals surface area contributed by atoms with Crippen LogP contribution in [0.2, 0.25) is 0 Å². The third kappa shape index (κ3) is 2.63. The Hall–Kier alpha value is -2.77. The highest BCUT2D eigenvalue weighted by Gasteiger charge is 2.20. The van der Waals surface area contributed by atoms with Gasteiger partial charge < -0.3 is 4.42 Å². The number of carbonyl (C=O) groups excluding carboxylic acids is 1. The number of nitro groups is 1. The van der Waals surface area contributed by atoms with Gasteiger partial charge >= 0.3 is 6.01 Å². The molecule has 0 atom stereocenters. The number of amides is 1. The van der Waals surface area contributed by atoms with Gasteiger partial charge in [0, 0.05) is 12.1 Å². The van der Waals surface area contributed by atoms with Crippen LogP contribution >= 0.6 is 0 Å². The number of aryl methyl sites for hydroxylation is 2. The second-order valence-electron chi connectivity index (χ2n) is 4.13. The topological polar surface area (TPSA) is 98.3 Å². The van der Waals surface area contributed by atoms with E-state index in [0.717, 1.165) is 12.1 Å². The number of hydrogen-bond donors (Lipinski definition) is 1. The van der Waals surface area contributed by atoms with E-state index in [2.05, 4.69) is 10.3 Å². The molecule has 1 N–H and O–H groups in total. The maximum Gasteiger partial charge on any atom is 0.301 e. The molecular weight excluding hydrogens is 269 g/mol. The zero-order chi connectivity index (χ0) is 14.9. The zero-order valence-electron chi connectivity index (χ0n) is 10.6. The lowest BCUT2D eigenvalue weighted by molar-refractivity contribution is -0.385. The first-order chi connectivity index (χ1) is 9.38. The van der Waals surface area contributed by atoms with Crippen molar-refractivity contribution in [2.75, 3.05) is 5.32 Å². The van der Waals surface area contributed by atoms with Crippen molar-refractivity contribution in [3.05, 3.63) is 51.1 Å². The standard InChI is InChI=1S/C12H10FN3O4/c1-6-3-8(16(18)19)4-9(10(6)13)11(17)15-12-14-7(2)5-20-12/h3-5H,1-2H3,(H,14,15,17). The Balaban J connectivity index is 2.36. The second kappa shape index (κ2) is 5.08. The Morgan fingerprint density at radius 2 is 2.15 bits per heavy atom. The number of halogens is 1. The molecule has 0 saturated carbocycles. The van der Waals surface area contributed by atoms with Crippen LogP contribution in [-0.4, -0.2) is 15.8 Å². The minimum absolute atomic E-state index is 0.00735. The first-order valence-electron chi connectivity index (χ1n) is 5.56. The summed E-state index contributed by atoms with van der Waals surface area (Å²) in [7, 11) is 0. The molecule has 1 aromatic carbocycles. The van der Waals surface area contributed by atoms with E-state index in [1.165, 1.54) is 13.2 Å². The van der Waals surface area contributed by atoms with Crippen LogP contribution in [0.4, 0.5) is 16.1 Å². The summed E-state index contributed by atoms with van der Waals surface area (Å²) in [5, 5.41) is 13.0. The number of nitrogens with one attached hydrogen (secondary N) is 1. The van der Waals surface area contributed by atoms with Crippen LogP contribution in [0.25, 0.3) is 0 Å². The summed E-state index contributed by atoms with van der Waals surface area (Å²) >= 11 is 0. The fourth-order valence-electron chi connectivity index (χ4n) is 1.60. The highest BCUT2D eigenvalue weighted by atomic mass is 19.1. The summed E-state index contributed by atoms with van der Waals surface area (Å²) in [6.07, 6.45) is 1.31. The van der Waals surface area contributed by atoms with Gasteiger partial charge in [0.2, 0.25) is 0 Å². The lowest BCUT2D eigenvalue weighted by Crippen LogP contribution is -2.15. The van der Waals surface area contributed by atoms with Gasteiger partial charge in [-0.1, -0.05) is 0 Å². The third-order valence-corrected chi connectivity index (χ3v) is 2.53. The van der Waals surface area contributed by atoms with E-state index in [9.17, 15) is 19.3 Å². The minimum Gasteiger partial charge on any atom is -0.432 e. The number of hydrogen-bond acceptors (Lipinski definition) is 5. The molecule has 0 aliphatic heterocycles. The van der Waals surface area contributed by atoms with Gasteiger partial charge in [-0.25, -0.2) is 4.39 Å². The number of carbonyl (C=O) groups is 1. The molecule has 1 heterocycles. The smallest absolute Gasteiger partial charge is 0.301 e. The number of nitro benzene ring substituents is 1. The van der Waals surface area contributed by atoms with E-state index in [1.807, 2.05) is 0 Å². The lowest BCUT2D eigenvalue weighted by atomic mass is 10.1. The van der Waals surface area contributed by atoms with E-state index >= 15 is 0 Å². The molecule has 8 heteroatoms. The van der Waals surface area contributed by atoms with Gasteiger partial charge in [0.1, 0.15) is 12.1 Å². The van der Waals surface area contributed by atoms with Crippen molar-refractivity contribution in [1.82, 2.24) is 4.98 Å². The highest BCUT2D eigenvalue weighted by molar-refractivity contribution is 6.03. The molecule has 7 nitrogen and oxygen atoms in total. The Kier molecular flexibility index (Phi) is 3.47. The molecule has 0 aliphatic rings. The number of rotatable bonds is 3. The molecule has 0 bridgehead atoms. The molecule has 1 aromatic heterocycles. The molecule has 20 heavy (non-hydrogen) atoms. The van der Waals surface area contributed by atoms with Gasteiger partial charge in [0.05, 0.1) is 16.2 Å². The number of non-ortho nitro benzene ring substituents is 1. The molecule has 1 amide bonds. The van der Waals surface area contributed by atoms with E-state index in [-0.39, 0.29) is 17.3 Å².